The van der Waals surface area contributed by atoms with Crippen molar-refractivity contribution in [1.82, 2.24) is 15.1 Å². The summed E-state index contributed by atoms with van der Waals surface area (Å²) in [6, 6.07) is 7.41. The van der Waals surface area contributed by atoms with Gasteiger partial charge in [-0.2, -0.15) is 0 Å². The van der Waals surface area contributed by atoms with Crippen LogP contribution in [0.25, 0.3) is 0 Å². The SMILES string of the molecule is CN(C(=O)[C@@H]1CC(=O)N(C)[C@H]1c1cccc(Cl)c1)[C@H]1CCNC1. The smallest absolute Gasteiger partial charge is 0.228 e. The van der Waals surface area contributed by atoms with Crippen molar-refractivity contribution in [2.45, 2.75) is 24.9 Å². The quantitative estimate of drug-likeness (QED) is 0.914. The average Bonchev–Trinajstić information content (AvgIpc) is 3.15. The molecule has 0 aliphatic carbocycles. The third-order valence-electron chi connectivity index (χ3n) is 5.02. The first-order valence-electron chi connectivity index (χ1n) is 7.97. The highest BCUT2D eigenvalue weighted by Crippen LogP contribution is 2.39. The molecule has 3 rings (SSSR count). The minimum Gasteiger partial charge on any atom is -0.341 e. The predicted octanol–water partition coefficient (Wildman–Crippen LogP) is 1.68. The zero-order chi connectivity index (χ0) is 16.6. The van der Waals surface area contributed by atoms with E-state index in [1.165, 1.54) is 0 Å². The van der Waals surface area contributed by atoms with E-state index in [0.717, 1.165) is 25.1 Å². The lowest BCUT2D eigenvalue weighted by molar-refractivity contribution is -0.137. The number of carbonyl (C=O) groups excluding carboxylic acids is 2. The molecule has 0 saturated carbocycles. The normalized spacial score (nSPS) is 27.5. The van der Waals surface area contributed by atoms with Crippen LogP contribution in [0.2, 0.25) is 5.02 Å². The molecule has 6 heteroatoms. The number of hydrogen-bond donors (Lipinski definition) is 1. The summed E-state index contributed by atoms with van der Waals surface area (Å²) in [5.41, 5.74) is 0.919. The molecule has 0 radical (unpaired) electrons. The molecule has 0 spiro atoms. The van der Waals surface area contributed by atoms with Gasteiger partial charge in [-0.05, 0) is 30.7 Å². The van der Waals surface area contributed by atoms with Gasteiger partial charge in [-0.15, -0.1) is 0 Å². The van der Waals surface area contributed by atoms with Crippen LogP contribution in [0.3, 0.4) is 0 Å². The van der Waals surface area contributed by atoms with E-state index < -0.39 is 0 Å². The first-order chi connectivity index (χ1) is 11.0. The van der Waals surface area contributed by atoms with E-state index in [9.17, 15) is 9.59 Å². The summed E-state index contributed by atoms with van der Waals surface area (Å²) in [6.07, 6.45) is 1.22. The summed E-state index contributed by atoms with van der Waals surface area (Å²) >= 11 is 6.09. The van der Waals surface area contributed by atoms with Gasteiger partial charge in [0.1, 0.15) is 0 Å². The van der Waals surface area contributed by atoms with E-state index in [4.69, 9.17) is 11.6 Å². The highest BCUT2D eigenvalue weighted by molar-refractivity contribution is 6.30. The average molecular weight is 336 g/mol. The number of benzene rings is 1. The van der Waals surface area contributed by atoms with E-state index in [0.29, 0.717) is 5.02 Å². The van der Waals surface area contributed by atoms with Gasteiger partial charge in [-0.3, -0.25) is 9.59 Å². The van der Waals surface area contributed by atoms with E-state index in [1.807, 2.05) is 30.1 Å². The Labute approximate surface area is 141 Å². The summed E-state index contributed by atoms with van der Waals surface area (Å²) < 4.78 is 0. The van der Waals surface area contributed by atoms with Gasteiger partial charge in [-0.1, -0.05) is 23.7 Å². The molecule has 0 bridgehead atoms. The van der Waals surface area contributed by atoms with Crippen LogP contribution in [0.15, 0.2) is 24.3 Å². The van der Waals surface area contributed by atoms with Gasteiger partial charge in [0.15, 0.2) is 0 Å². The Morgan fingerprint density at radius 3 is 2.87 bits per heavy atom. The fraction of sp³-hybridized carbons (Fsp3) is 0.529. The van der Waals surface area contributed by atoms with Gasteiger partial charge in [-0.25, -0.2) is 0 Å². The largest absolute Gasteiger partial charge is 0.341 e. The number of likely N-dealkylation sites (N-methyl/N-ethyl adjacent to an activating group) is 1. The Hall–Kier alpha value is -1.59. The number of nitrogens with zero attached hydrogens (tertiary/aromatic N) is 2. The van der Waals surface area contributed by atoms with Crippen LogP contribution >= 0.6 is 11.6 Å². The van der Waals surface area contributed by atoms with Crippen molar-refractivity contribution >= 4 is 23.4 Å². The summed E-state index contributed by atoms with van der Waals surface area (Å²) in [4.78, 5) is 28.7. The fourth-order valence-electron chi connectivity index (χ4n) is 3.65. The molecule has 23 heavy (non-hydrogen) atoms. The molecule has 124 valence electrons. The van der Waals surface area contributed by atoms with Gasteiger partial charge in [0.05, 0.1) is 12.0 Å². The number of rotatable bonds is 3. The maximum atomic E-state index is 13.0. The zero-order valence-electron chi connectivity index (χ0n) is 13.5. The summed E-state index contributed by atoms with van der Waals surface area (Å²) in [5.74, 6) is -0.302. The van der Waals surface area contributed by atoms with Crippen molar-refractivity contribution in [1.29, 1.82) is 0 Å². The van der Waals surface area contributed by atoms with Gasteiger partial charge in [0.25, 0.3) is 0 Å². The van der Waals surface area contributed by atoms with Crippen LogP contribution in [0, 0.1) is 5.92 Å². The molecule has 2 heterocycles. The number of halogens is 1. The lowest BCUT2D eigenvalue weighted by atomic mass is 9.92. The number of likely N-dealkylation sites (tertiary alicyclic amines) is 1. The van der Waals surface area contributed by atoms with Crippen LogP contribution in [0.5, 0.6) is 0 Å². The molecule has 2 amide bonds. The first-order valence-corrected chi connectivity index (χ1v) is 8.35. The zero-order valence-corrected chi connectivity index (χ0v) is 14.2. The molecule has 1 aromatic rings. The van der Waals surface area contributed by atoms with Crippen molar-refractivity contribution < 1.29 is 9.59 Å². The molecule has 0 unspecified atom stereocenters. The fourth-order valence-corrected chi connectivity index (χ4v) is 3.85. The monoisotopic (exact) mass is 335 g/mol. The molecule has 1 aromatic carbocycles. The number of amides is 2. The molecular weight excluding hydrogens is 314 g/mol. The van der Waals surface area contributed by atoms with Crippen molar-refractivity contribution in [3.05, 3.63) is 34.9 Å². The van der Waals surface area contributed by atoms with Crippen molar-refractivity contribution in [2.24, 2.45) is 5.92 Å². The van der Waals surface area contributed by atoms with Gasteiger partial charge >= 0.3 is 0 Å². The van der Waals surface area contributed by atoms with Gasteiger partial charge < -0.3 is 15.1 Å². The van der Waals surface area contributed by atoms with E-state index in [2.05, 4.69) is 5.32 Å². The Bertz CT molecular complexity index is 616. The van der Waals surface area contributed by atoms with Crippen LogP contribution in [0.1, 0.15) is 24.4 Å². The second-order valence-corrected chi connectivity index (χ2v) is 6.85. The Morgan fingerprint density at radius 2 is 2.22 bits per heavy atom. The molecular formula is C17H22ClN3O2. The predicted molar refractivity (Wildman–Crippen MR) is 89.1 cm³/mol. The standard InChI is InChI=1S/C17H22ClN3O2/c1-20(13-6-7-19-10-13)17(23)14-9-15(22)21(2)16(14)11-4-3-5-12(18)8-11/h3-5,8,13-14,16,19H,6-7,9-10H2,1-2H3/t13-,14+,16-/m0/s1. The van der Waals surface area contributed by atoms with Crippen molar-refractivity contribution in [3.8, 4) is 0 Å². The van der Waals surface area contributed by atoms with Crippen LogP contribution in [-0.2, 0) is 9.59 Å². The van der Waals surface area contributed by atoms with Crippen molar-refractivity contribution in [3.63, 3.8) is 0 Å². The first kappa shape index (κ1) is 16.3. The highest BCUT2D eigenvalue weighted by Gasteiger charge is 2.44. The summed E-state index contributed by atoms with van der Waals surface area (Å²) in [5, 5.41) is 3.90. The minimum absolute atomic E-state index is 0.00581. The molecule has 1 N–H and O–H groups in total. The Balaban J connectivity index is 1.86. The van der Waals surface area contributed by atoms with E-state index in [1.54, 1.807) is 18.0 Å². The van der Waals surface area contributed by atoms with E-state index in [-0.39, 0.29) is 36.2 Å². The van der Waals surface area contributed by atoms with Crippen LogP contribution in [0.4, 0.5) is 0 Å². The minimum atomic E-state index is -0.350. The molecule has 2 saturated heterocycles. The van der Waals surface area contributed by atoms with Gasteiger partial charge in [0.2, 0.25) is 11.8 Å². The second-order valence-electron chi connectivity index (χ2n) is 6.41. The molecule has 3 atom stereocenters. The summed E-state index contributed by atoms with van der Waals surface area (Å²) in [6.45, 7) is 1.75. The van der Waals surface area contributed by atoms with Crippen LogP contribution in [-0.4, -0.2) is 54.8 Å². The summed E-state index contributed by atoms with van der Waals surface area (Å²) in [7, 11) is 3.61. The second kappa shape index (κ2) is 6.49. The lowest BCUT2D eigenvalue weighted by Gasteiger charge is -2.30. The maximum absolute atomic E-state index is 13.0. The molecule has 2 fully saturated rings. The number of carbonyl (C=O) groups is 2. The number of hydrogen-bond acceptors (Lipinski definition) is 3. The molecule has 0 aromatic heterocycles. The van der Waals surface area contributed by atoms with Crippen LogP contribution < -0.4 is 5.32 Å². The Kier molecular flexibility index (Phi) is 4.60. The van der Waals surface area contributed by atoms with E-state index >= 15 is 0 Å². The Morgan fingerprint density at radius 1 is 1.43 bits per heavy atom. The third kappa shape index (κ3) is 3.08. The maximum Gasteiger partial charge on any atom is 0.228 e. The topological polar surface area (TPSA) is 52.7 Å². The molecule has 2 aliphatic heterocycles. The molecule has 2 aliphatic rings. The van der Waals surface area contributed by atoms with Crippen molar-refractivity contribution in [2.75, 3.05) is 27.2 Å². The molecule has 5 nitrogen and oxygen atoms in total. The lowest BCUT2D eigenvalue weighted by Crippen LogP contribution is -2.43. The van der Waals surface area contributed by atoms with Gasteiger partial charge in [0, 0.05) is 38.1 Å². The highest BCUT2D eigenvalue weighted by atomic mass is 35.5. The number of nitrogens with one attached hydrogen (secondary N) is 1. The third-order valence-corrected chi connectivity index (χ3v) is 5.26.